The molecule has 0 radical (unpaired) electrons. The van der Waals surface area contributed by atoms with Crippen LogP contribution in [-0.4, -0.2) is 20.0 Å². The van der Waals surface area contributed by atoms with Crippen LogP contribution in [0.25, 0.3) is 5.82 Å². The second kappa shape index (κ2) is 3.52. The molecule has 3 rings (SSSR count). The van der Waals surface area contributed by atoms with Gasteiger partial charge in [0, 0.05) is 5.69 Å². The zero-order valence-corrected chi connectivity index (χ0v) is 9.84. The van der Waals surface area contributed by atoms with Crippen molar-refractivity contribution < 1.29 is 0 Å². The molecule has 0 unspecified atom stereocenters. The summed E-state index contributed by atoms with van der Waals surface area (Å²) in [5.41, 5.74) is 3.82. The Bertz CT molecular complexity index is 576. The van der Waals surface area contributed by atoms with Crippen molar-refractivity contribution >= 4 is 12.2 Å². The average molecular weight is 232 g/mol. The van der Waals surface area contributed by atoms with Crippen molar-refractivity contribution in [2.45, 2.75) is 26.2 Å². The van der Waals surface area contributed by atoms with Crippen molar-refractivity contribution in [1.82, 2.24) is 20.0 Å². The molecule has 0 amide bonds. The molecule has 0 atom stereocenters. The number of hydrogen-bond acceptors (Lipinski definition) is 3. The largest absolute Gasteiger partial charge is 0.266 e. The molecule has 2 aromatic rings. The normalized spacial score (nSPS) is 14.1. The molecule has 0 fully saturated rings. The van der Waals surface area contributed by atoms with Crippen LogP contribution in [0.1, 0.15) is 23.4 Å². The number of nitrogens with zero attached hydrogens (tertiary/aromatic N) is 3. The van der Waals surface area contributed by atoms with Crippen LogP contribution in [-0.2, 0) is 12.8 Å². The lowest BCUT2D eigenvalue weighted by Gasteiger charge is -2.02. The highest BCUT2D eigenvalue weighted by atomic mass is 32.1. The molecule has 2 heterocycles. The molecule has 0 spiro atoms. The number of rotatable bonds is 1. The lowest BCUT2D eigenvalue weighted by Crippen LogP contribution is -2.04. The van der Waals surface area contributed by atoms with E-state index < -0.39 is 0 Å². The number of aryl methyl sites for hydroxylation is 1. The molecule has 1 aliphatic carbocycles. The van der Waals surface area contributed by atoms with Crippen LogP contribution < -0.4 is 0 Å². The maximum absolute atomic E-state index is 4.98. The zero-order valence-electron chi connectivity index (χ0n) is 9.03. The Morgan fingerprint density at radius 2 is 2.25 bits per heavy atom. The van der Waals surface area contributed by atoms with E-state index in [0.717, 1.165) is 24.4 Å². The van der Waals surface area contributed by atoms with Crippen LogP contribution >= 0.6 is 12.2 Å². The van der Waals surface area contributed by atoms with Crippen molar-refractivity contribution in [2.24, 2.45) is 0 Å². The van der Waals surface area contributed by atoms with Gasteiger partial charge in [0.15, 0.2) is 5.82 Å². The minimum Gasteiger partial charge on any atom is -0.266 e. The third kappa shape index (κ3) is 1.39. The van der Waals surface area contributed by atoms with E-state index in [4.69, 9.17) is 12.2 Å². The summed E-state index contributed by atoms with van der Waals surface area (Å²) >= 11 is 4.98. The minimum absolute atomic E-state index is 0.643. The SMILES string of the molecule is Cc1nn(-c2ccc(=S)[nH]n2)c2c1CCC2. The molecular formula is C11H12N4S. The first-order valence-electron chi connectivity index (χ1n) is 5.39. The molecule has 5 heteroatoms. The van der Waals surface area contributed by atoms with Crippen LogP contribution in [0.5, 0.6) is 0 Å². The van der Waals surface area contributed by atoms with Crippen molar-refractivity contribution in [3.8, 4) is 5.82 Å². The predicted molar refractivity (Wildman–Crippen MR) is 63.3 cm³/mol. The van der Waals surface area contributed by atoms with Gasteiger partial charge in [0.2, 0.25) is 0 Å². The molecule has 16 heavy (non-hydrogen) atoms. The maximum Gasteiger partial charge on any atom is 0.173 e. The summed E-state index contributed by atoms with van der Waals surface area (Å²) in [5.74, 6) is 0.819. The number of aromatic nitrogens is 4. The first-order chi connectivity index (χ1) is 7.75. The van der Waals surface area contributed by atoms with E-state index in [1.165, 1.54) is 17.7 Å². The first-order valence-corrected chi connectivity index (χ1v) is 5.80. The summed E-state index contributed by atoms with van der Waals surface area (Å²) in [6.07, 6.45) is 3.45. The average Bonchev–Trinajstić information content (AvgIpc) is 2.84. The van der Waals surface area contributed by atoms with Crippen molar-refractivity contribution in [2.75, 3.05) is 0 Å². The van der Waals surface area contributed by atoms with Gasteiger partial charge in [-0.1, -0.05) is 12.2 Å². The summed E-state index contributed by atoms with van der Waals surface area (Å²) in [5, 5.41) is 11.5. The smallest absolute Gasteiger partial charge is 0.173 e. The van der Waals surface area contributed by atoms with Crippen LogP contribution in [0.3, 0.4) is 0 Å². The Hall–Kier alpha value is -1.49. The first kappa shape index (κ1) is 9.72. The number of H-pyrrole nitrogens is 1. The van der Waals surface area contributed by atoms with E-state index in [1.54, 1.807) is 0 Å². The van der Waals surface area contributed by atoms with Crippen LogP contribution in [0.15, 0.2) is 12.1 Å². The van der Waals surface area contributed by atoms with Gasteiger partial charge in [0.05, 0.1) is 5.69 Å². The topological polar surface area (TPSA) is 46.5 Å². The summed E-state index contributed by atoms with van der Waals surface area (Å²) < 4.78 is 2.58. The second-order valence-electron chi connectivity index (χ2n) is 4.06. The zero-order chi connectivity index (χ0) is 11.1. The van der Waals surface area contributed by atoms with Crippen LogP contribution in [0.4, 0.5) is 0 Å². The fourth-order valence-electron chi connectivity index (χ4n) is 2.27. The van der Waals surface area contributed by atoms with Gasteiger partial charge in [0.25, 0.3) is 0 Å². The Kier molecular flexibility index (Phi) is 2.14. The molecule has 0 saturated heterocycles. The third-order valence-corrected chi connectivity index (χ3v) is 3.24. The number of hydrogen-bond donors (Lipinski definition) is 1. The van der Waals surface area contributed by atoms with Crippen molar-refractivity contribution in [3.63, 3.8) is 0 Å². The summed E-state index contributed by atoms with van der Waals surface area (Å²) in [7, 11) is 0. The summed E-state index contributed by atoms with van der Waals surface area (Å²) in [6, 6.07) is 3.75. The Balaban J connectivity index is 2.17. The number of nitrogens with one attached hydrogen (secondary N) is 1. The quantitative estimate of drug-likeness (QED) is 0.766. The lowest BCUT2D eigenvalue weighted by molar-refractivity contribution is 0.741. The Labute approximate surface area is 98.3 Å². The van der Waals surface area contributed by atoms with Crippen LogP contribution in [0.2, 0.25) is 0 Å². The molecule has 0 saturated carbocycles. The van der Waals surface area contributed by atoms with Gasteiger partial charge in [0.1, 0.15) is 4.64 Å². The van der Waals surface area contributed by atoms with Crippen molar-refractivity contribution in [1.29, 1.82) is 0 Å². The van der Waals surface area contributed by atoms with E-state index in [1.807, 2.05) is 16.8 Å². The molecule has 0 bridgehead atoms. The molecule has 82 valence electrons. The Morgan fingerprint density at radius 3 is 3.00 bits per heavy atom. The molecule has 2 aromatic heterocycles. The second-order valence-corrected chi connectivity index (χ2v) is 4.50. The molecule has 1 aliphatic rings. The van der Waals surface area contributed by atoms with Gasteiger partial charge in [-0.2, -0.15) is 10.2 Å². The fraction of sp³-hybridized carbons (Fsp3) is 0.364. The van der Waals surface area contributed by atoms with E-state index in [-0.39, 0.29) is 0 Å². The van der Waals surface area contributed by atoms with Crippen LogP contribution in [0, 0.1) is 11.6 Å². The molecular weight excluding hydrogens is 220 g/mol. The summed E-state index contributed by atoms with van der Waals surface area (Å²) in [6.45, 7) is 2.06. The lowest BCUT2D eigenvalue weighted by atomic mass is 10.2. The summed E-state index contributed by atoms with van der Waals surface area (Å²) in [4.78, 5) is 0. The van der Waals surface area contributed by atoms with Gasteiger partial charge in [-0.3, -0.25) is 5.10 Å². The van der Waals surface area contributed by atoms with Gasteiger partial charge in [-0.15, -0.1) is 0 Å². The Morgan fingerprint density at radius 1 is 1.38 bits per heavy atom. The van der Waals surface area contributed by atoms with Gasteiger partial charge >= 0.3 is 0 Å². The number of fused-ring (bicyclic) bond motifs is 1. The third-order valence-electron chi connectivity index (χ3n) is 3.01. The van der Waals surface area contributed by atoms with E-state index in [9.17, 15) is 0 Å². The van der Waals surface area contributed by atoms with Crippen molar-refractivity contribution in [3.05, 3.63) is 33.7 Å². The highest BCUT2D eigenvalue weighted by molar-refractivity contribution is 7.71. The van der Waals surface area contributed by atoms with E-state index in [2.05, 4.69) is 22.2 Å². The maximum atomic E-state index is 4.98. The fourth-order valence-corrected chi connectivity index (χ4v) is 2.38. The standard InChI is InChI=1S/C11H12N4S/c1-7-8-3-2-4-9(8)15(14-7)10-5-6-11(16)13-12-10/h5-6H,2-4H2,1H3,(H,13,16). The molecule has 0 aromatic carbocycles. The highest BCUT2D eigenvalue weighted by Crippen LogP contribution is 2.26. The van der Waals surface area contributed by atoms with Gasteiger partial charge in [-0.25, -0.2) is 4.68 Å². The highest BCUT2D eigenvalue weighted by Gasteiger charge is 2.21. The van der Waals surface area contributed by atoms with Gasteiger partial charge in [-0.05, 0) is 43.9 Å². The van der Waals surface area contributed by atoms with E-state index in [0.29, 0.717) is 4.64 Å². The van der Waals surface area contributed by atoms with E-state index >= 15 is 0 Å². The molecule has 4 nitrogen and oxygen atoms in total. The molecule has 1 N–H and O–H groups in total. The predicted octanol–water partition coefficient (Wildman–Crippen LogP) is 2.12. The monoisotopic (exact) mass is 232 g/mol. The minimum atomic E-state index is 0.643. The molecule has 0 aliphatic heterocycles. The van der Waals surface area contributed by atoms with Gasteiger partial charge < -0.3 is 0 Å². The number of aromatic amines is 1.